The van der Waals surface area contributed by atoms with E-state index in [4.69, 9.17) is 19.4 Å². The molecule has 13 rings (SSSR count). The summed E-state index contributed by atoms with van der Waals surface area (Å²) in [6.45, 7) is 0. The van der Waals surface area contributed by atoms with Crippen molar-refractivity contribution in [3.63, 3.8) is 0 Å². The van der Waals surface area contributed by atoms with Crippen LogP contribution in [0.3, 0.4) is 0 Å². The first kappa shape index (κ1) is 40.1. The Hall–Kier alpha value is -9.25. The number of nitrogens with zero attached hydrogens (tertiary/aromatic N) is 3. The van der Waals surface area contributed by atoms with Gasteiger partial charge in [0.2, 0.25) is 0 Å². The van der Waals surface area contributed by atoms with Crippen molar-refractivity contribution >= 4 is 43.6 Å². The summed E-state index contributed by atoms with van der Waals surface area (Å²) in [6, 6.07) is 87.4. The van der Waals surface area contributed by atoms with Crippen molar-refractivity contribution in [2.45, 2.75) is 0 Å². The molecule has 0 aliphatic heterocycles. The SMILES string of the molecule is c1ccc(-c2cccc(-c3cc(-c4cccc(-c5ccccc5)c4)nc(-c4cccc(-c5cccc(-c6nc7ccccc7c7c(-c8ccccc8)c8c(cc67)oc6ccccc68)c5)c4)n3)c2)cc1. The van der Waals surface area contributed by atoms with Crippen LogP contribution in [-0.2, 0) is 0 Å². The highest BCUT2D eigenvalue weighted by atomic mass is 16.3. The normalized spacial score (nSPS) is 11.5. The quantitative estimate of drug-likeness (QED) is 0.143. The first-order valence-electron chi connectivity index (χ1n) is 23.3. The maximum atomic E-state index is 6.66. The van der Waals surface area contributed by atoms with E-state index in [2.05, 4.69) is 231 Å². The van der Waals surface area contributed by atoms with Gasteiger partial charge in [-0.2, -0.15) is 0 Å². The van der Waals surface area contributed by atoms with Crippen LogP contribution in [0.5, 0.6) is 0 Å². The zero-order chi connectivity index (χ0) is 45.7. The minimum atomic E-state index is 0.654. The molecule has 322 valence electrons. The Morgan fingerprint density at radius 3 is 1.33 bits per heavy atom. The van der Waals surface area contributed by atoms with E-state index < -0.39 is 0 Å². The van der Waals surface area contributed by atoms with Crippen LogP contribution in [0.15, 0.2) is 253 Å². The molecule has 0 spiro atoms. The molecular formula is C65H41N3O. The highest BCUT2D eigenvalue weighted by Gasteiger charge is 2.22. The van der Waals surface area contributed by atoms with Gasteiger partial charge in [0.15, 0.2) is 5.82 Å². The smallest absolute Gasteiger partial charge is 0.160 e. The van der Waals surface area contributed by atoms with Gasteiger partial charge in [0.05, 0.1) is 22.6 Å². The van der Waals surface area contributed by atoms with E-state index in [-0.39, 0.29) is 0 Å². The summed E-state index contributed by atoms with van der Waals surface area (Å²) in [4.78, 5) is 16.1. The van der Waals surface area contributed by atoms with E-state index >= 15 is 0 Å². The Morgan fingerprint density at radius 1 is 0.261 bits per heavy atom. The second kappa shape index (κ2) is 16.9. The van der Waals surface area contributed by atoms with Gasteiger partial charge in [-0.05, 0) is 87.5 Å². The van der Waals surface area contributed by atoms with Crippen molar-refractivity contribution in [3.8, 4) is 89.7 Å². The van der Waals surface area contributed by atoms with E-state index in [9.17, 15) is 0 Å². The average Bonchev–Trinajstić information content (AvgIpc) is 3.81. The van der Waals surface area contributed by atoms with Gasteiger partial charge in [0.1, 0.15) is 11.2 Å². The van der Waals surface area contributed by atoms with Crippen molar-refractivity contribution in [1.29, 1.82) is 0 Å². The van der Waals surface area contributed by atoms with Crippen molar-refractivity contribution in [1.82, 2.24) is 15.0 Å². The first-order chi connectivity index (χ1) is 34.2. The Balaban J connectivity index is 0.964. The van der Waals surface area contributed by atoms with Gasteiger partial charge in [-0.1, -0.05) is 200 Å². The fourth-order valence-electron chi connectivity index (χ4n) is 9.96. The van der Waals surface area contributed by atoms with Crippen molar-refractivity contribution in [2.75, 3.05) is 0 Å². The Morgan fingerprint density at radius 2 is 0.710 bits per heavy atom. The molecule has 0 bridgehead atoms. The molecule has 69 heavy (non-hydrogen) atoms. The van der Waals surface area contributed by atoms with Crippen LogP contribution >= 0.6 is 0 Å². The third-order valence-electron chi connectivity index (χ3n) is 13.2. The first-order valence-corrected chi connectivity index (χ1v) is 23.3. The summed E-state index contributed by atoms with van der Waals surface area (Å²) >= 11 is 0. The van der Waals surface area contributed by atoms with Crippen molar-refractivity contribution in [2.24, 2.45) is 0 Å². The monoisotopic (exact) mass is 879 g/mol. The standard InChI is InChI=1S/C65H41N3O/c1-4-18-42(19-5-1)45-24-14-28-49(36-45)57-41-58(50-29-15-25-46(37-50)43-20-6-2-7-21-43)68-65(67-57)52-31-17-27-48(39-52)47-26-16-30-51(38-47)64-55-40-60-63(54-33-11-13-35-59(54)69-60)61(44-22-8-3-9-23-44)62(55)53-32-10-12-34-56(53)66-64/h1-41H. The van der Waals surface area contributed by atoms with E-state index in [1.807, 2.05) is 18.2 Å². The second-order valence-electron chi connectivity index (χ2n) is 17.5. The summed E-state index contributed by atoms with van der Waals surface area (Å²) in [5, 5.41) is 5.51. The Labute approximate surface area is 399 Å². The summed E-state index contributed by atoms with van der Waals surface area (Å²) in [6.07, 6.45) is 0. The number of furan rings is 1. The average molecular weight is 880 g/mol. The van der Waals surface area contributed by atoms with Crippen LogP contribution < -0.4 is 0 Å². The van der Waals surface area contributed by atoms with Crippen LogP contribution in [0, 0.1) is 0 Å². The van der Waals surface area contributed by atoms with Crippen LogP contribution in [0.1, 0.15) is 0 Å². The van der Waals surface area contributed by atoms with Gasteiger partial charge < -0.3 is 4.42 Å². The van der Waals surface area contributed by atoms with E-state index in [1.165, 1.54) is 0 Å². The number of aromatic nitrogens is 3. The molecule has 10 aromatic carbocycles. The topological polar surface area (TPSA) is 51.8 Å². The lowest BCUT2D eigenvalue weighted by atomic mass is 9.89. The lowest BCUT2D eigenvalue weighted by molar-refractivity contribution is 0.669. The van der Waals surface area contributed by atoms with Crippen LogP contribution in [0.2, 0.25) is 0 Å². The summed E-state index contributed by atoms with van der Waals surface area (Å²) in [7, 11) is 0. The molecule has 0 unspecified atom stereocenters. The zero-order valence-corrected chi connectivity index (χ0v) is 37.4. The maximum Gasteiger partial charge on any atom is 0.160 e. The highest BCUT2D eigenvalue weighted by Crippen LogP contribution is 2.46. The Kier molecular flexibility index (Phi) is 9.80. The predicted molar refractivity (Wildman–Crippen MR) is 286 cm³/mol. The molecule has 0 radical (unpaired) electrons. The molecule has 0 N–H and O–H groups in total. The van der Waals surface area contributed by atoms with Gasteiger partial charge in [0, 0.05) is 54.7 Å². The molecule has 4 heteroatoms. The minimum absolute atomic E-state index is 0.654. The fourth-order valence-corrected chi connectivity index (χ4v) is 9.96. The van der Waals surface area contributed by atoms with Gasteiger partial charge in [0.25, 0.3) is 0 Å². The molecule has 0 saturated carbocycles. The molecule has 4 nitrogen and oxygen atoms in total. The number of hydrogen-bond acceptors (Lipinski definition) is 4. The Bertz CT molecular complexity index is 3970. The molecule has 3 aromatic heterocycles. The minimum Gasteiger partial charge on any atom is -0.456 e. The molecule has 0 aliphatic carbocycles. The molecule has 0 saturated heterocycles. The zero-order valence-electron chi connectivity index (χ0n) is 37.4. The second-order valence-corrected chi connectivity index (χ2v) is 17.5. The van der Waals surface area contributed by atoms with E-state index in [0.29, 0.717) is 5.82 Å². The molecular weight excluding hydrogens is 839 g/mol. The third-order valence-corrected chi connectivity index (χ3v) is 13.2. The molecule has 13 aromatic rings. The predicted octanol–water partition coefficient (Wildman–Crippen LogP) is 17.4. The number of para-hydroxylation sites is 2. The van der Waals surface area contributed by atoms with Crippen LogP contribution in [-0.4, -0.2) is 15.0 Å². The fraction of sp³-hybridized carbons (Fsp3) is 0. The van der Waals surface area contributed by atoms with Crippen LogP contribution in [0.25, 0.3) is 133 Å². The van der Waals surface area contributed by atoms with Crippen molar-refractivity contribution < 1.29 is 4.42 Å². The van der Waals surface area contributed by atoms with Gasteiger partial charge >= 0.3 is 0 Å². The van der Waals surface area contributed by atoms with Gasteiger partial charge in [-0.3, -0.25) is 0 Å². The highest BCUT2D eigenvalue weighted by molar-refractivity contribution is 6.27. The number of pyridine rings is 1. The number of fused-ring (bicyclic) bond motifs is 6. The molecule has 3 heterocycles. The lowest BCUT2D eigenvalue weighted by Gasteiger charge is -2.16. The summed E-state index contributed by atoms with van der Waals surface area (Å²) < 4.78 is 6.66. The third kappa shape index (κ3) is 7.32. The van der Waals surface area contributed by atoms with Gasteiger partial charge in [-0.15, -0.1) is 0 Å². The summed E-state index contributed by atoms with van der Waals surface area (Å²) in [5.41, 5.74) is 18.2. The van der Waals surface area contributed by atoms with Crippen molar-refractivity contribution in [3.05, 3.63) is 249 Å². The van der Waals surface area contributed by atoms with Gasteiger partial charge in [-0.25, -0.2) is 15.0 Å². The molecule has 0 atom stereocenters. The van der Waals surface area contributed by atoms with E-state index in [0.717, 1.165) is 127 Å². The van der Waals surface area contributed by atoms with E-state index in [1.54, 1.807) is 0 Å². The number of benzene rings is 10. The largest absolute Gasteiger partial charge is 0.456 e. The summed E-state index contributed by atoms with van der Waals surface area (Å²) in [5.74, 6) is 0.654. The molecule has 0 aliphatic rings. The molecule has 0 amide bonds. The maximum absolute atomic E-state index is 6.66. The van der Waals surface area contributed by atoms with Crippen LogP contribution in [0.4, 0.5) is 0 Å². The molecule has 0 fully saturated rings. The number of hydrogen-bond donors (Lipinski definition) is 0. The number of rotatable bonds is 8. The lowest BCUT2D eigenvalue weighted by Crippen LogP contribution is -1.97.